The summed E-state index contributed by atoms with van der Waals surface area (Å²) in [5.74, 6) is 0.807. The van der Waals surface area contributed by atoms with Crippen molar-refractivity contribution in [2.24, 2.45) is 29.6 Å². The van der Waals surface area contributed by atoms with Crippen molar-refractivity contribution in [3.8, 4) is 0 Å². The second-order valence-electron chi connectivity index (χ2n) is 6.81. The van der Waals surface area contributed by atoms with Crippen LogP contribution in [0.5, 0.6) is 0 Å². The summed E-state index contributed by atoms with van der Waals surface area (Å²) in [5.41, 5.74) is 1.33. The molecule has 112 valence electrons. The van der Waals surface area contributed by atoms with Crippen LogP contribution in [0, 0.1) is 29.6 Å². The molecule has 0 heterocycles. The van der Waals surface area contributed by atoms with E-state index in [1.807, 2.05) is 27.7 Å². The van der Waals surface area contributed by atoms with Crippen molar-refractivity contribution in [2.45, 2.75) is 53.2 Å². The highest BCUT2D eigenvalue weighted by atomic mass is 32.2. The molecule has 1 N–H and O–H groups in total. The summed E-state index contributed by atoms with van der Waals surface area (Å²) in [4.78, 5) is 0. The maximum atomic E-state index is 11.8. The van der Waals surface area contributed by atoms with Crippen LogP contribution in [-0.4, -0.2) is 18.2 Å². The zero-order valence-corrected chi connectivity index (χ0v) is 13.7. The van der Waals surface area contributed by atoms with E-state index < -0.39 is 15.4 Å². The molecular weight excluding hydrogens is 260 g/mol. The normalized spacial score (nSPS) is 29.2. The van der Waals surface area contributed by atoms with E-state index in [1.165, 1.54) is 5.57 Å². The van der Waals surface area contributed by atoms with Crippen LogP contribution in [0.15, 0.2) is 11.6 Å². The van der Waals surface area contributed by atoms with Crippen LogP contribution in [0.25, 0.3) is 0 Å². The largest absolute Gasteiger partial charge is 0.285 e. The van der Waals surface area contributed by atoms with Crippen LogP contribution in [-0.2, 0) is 10.1 Å². The Morgan fingerprint density at radius 3 is 1.95 bits per heavy atom. The van der Waals surface area contributed by atoms with Crippen LogP contribution in [0.3, 0.4) is 0 Å². The predicted octanol–water partition coefficient (Wildman–Crippen LogP) is 3.77. The number of allylic oxidation sites excluding steroid dienone is 2. The molecule has 0 aromatic rings. The van der Waals surface area contributed by atoms with Crippen molar-refractivity contribution < 1.29 is 13.0 Å². The second kappa shape index (κ2) is 5.96. The van der Waals surface area contributed by atoms with E-state index in [0.29, 0.717) is 5.92 Å². The van der Waals surface area contributed by atoms with Crippen molar-refractivity contribution >= 4 is 10.1 Å². The molecule has 19 heavy (non-hydrogen) atoms. The summed E-state index contributed by atoms with van der Waals surface area (Å²) in [5, 5.41) is -0.657. The summed E-state index contributed by atoms with van der Waals surface area (Å²) >= 11 is 0. The Balaban J connectivity index is 3.30. The maximum Gasteiger partial charge on any atom is 0.268 e. The summed E-state index contributed by atoms with van der Waals surface area (Å²) in [6, 6.07) is 0. The van der Waals surface area contributed by atoms with E-state index in [9.17, 15) is 13.0 Å². The van der Waals surface area contributed by atoms with Gasteiger partial charge in [0.1, 0.15) is 0 Å². The molecular formula is C15H28O3S. The lowest BCUT2D eigenvalue weighted by Crippen LogP contribution is -2.43. The van der Waals surface area contributed by atoms with Gasteiger partial charge in [-0.3, -0.25) is 4.55 Å². The molecule has 1 aliphatic rings. The first kappa shape index (κ1) is 16.7. The van der Waals surface area contributed by atoms with E-state index >= 15 is 0 Å². The van der Waals surface area contributed by atoms with Crippen molar-refractivity contribution in [2.75, 3.05) is 0 Å². The van der Waals surface area contributed by atoms with Crippen molar-refractivity contribution in [3.63, 3.8) is 0 Å². The fraction of sp³-hybridized carbons (Fsp3) is 0.867. The van der Waals surface area contributed by atoms with Gasteiger partial charge in [0.15, 0.2) is 0 Å². The van der Waals surface area contributed by atoms with Gasteiger partial charge in [-0.25, -0.2) is 0 Å². The van der Waals surface area contributed by atoms with Crippen molar-refractivity contribution in [3.05, 3.63) is 11.6 Å². The van der Waals surface area contributed by atoms with Gasteiger partial charge in [-0.15, -0.1) is 0 Å². The third-order valence-electron chi connectivity index (χ3n) is 4.39. The van der Waals surface area contributed by atoms with Crippen molar-refractivity contribution in [1.29, 1.82) is 0 Å². The SMILES string of the molecule is CC(C)C1=CC(C(C)C)C(S(=O)(=O)O)[C@@H](C(C)C)C1. The Bertz CT molecular complexity index is 432. The lowest BCUT2D eigenvalue weighted by Gasteiger charge is -2.40. The molecule has 0 fully saturated rings. The predicted molar refractivity (Wildman–Crippen MR) is 79.5 cm³/mol. The van der Waals surface area contributed by atoms with Gasteiger partial charge in [0.2, 0.25) is 0 Å². The lowest BCUT2D eigenvalue weighted by molar-refractivity contribution is 0.250. The molecule has 0 saturated heterocycles. The quantitative estimate of drug-likeness (QED) is 0.633. The Kier molecular flexibility index (Phi) is 5.24. The zero-order valence-electron chi connectivity index (χ0n) is 12.9. The fourth-order valence-corrected chi connectivity index (χ4v) is 4.76. The number of hydrogen-bond donors (Lipinski definition) is 1. The van der Waals surface area contributed by atoms with E-state index in [2.05, 4.69) is 19.9 Å². The van der Waals surface area contributed by atoms with Gasteiger partial charge in [0, 0.05) is 0 Å². The van der Waals surface area contributed by atoms with Crippen LogP contribution in [0.1, 0.15) is 48.0 Å². The van der Waals surface area contributed by atoms with E-state index in [1.54, 1.807) is 0 Å². The Hall–Kier alpha value is -0.350. The van der Waals surface area contributed by atoms with Crippen LogP contribution < -0.4 is 0 Å². The molecule has 1 aliphatic carbocycles. The molecule has 0 aromatic heterocycles. The first-order chi connectivity index (χ1) is 8.55. The minimum Gasteiger partial charge on any atom is -0.285 e. The molecule has 3 atom stereocenters. The third-order valence-corrected chi connectivity index (χ3v) is 5.74. The van der Waals surface area contributed by atoms with Gasteiger partial charge in [-0.05, 0) is 36.0 Å². The molecule has 4 heteroatoms. The maximum absolute atomic E-state index is 11.8. The van der Waals surface area contributed by atoms with Crippen LogP contribution >= 0.6 is 0 Å². The van der Waals surface area contributed by atoms with E-state index in [-0.39, 0.29) is 23.7 Å². The first-order valence-electron chi connectivity index (χ1n) is 7.22. The molecule has 3 nitrogen and oxygen atoms in total. The highest BCUT2D eigenvalue weighted by Crippen LogP contribution is 2.42. The van der Waals surface area contributed by atoms with Crippen molar-refractivity contribution in [1.82, 2.24) is 0 Å². The fourth-order valence-electron chi connectivity index (χ4n) is 3.12. The molecule has 0 radical (unpaired) electrons. The van der Waals surface area contributed by atoms with Gasteiger partial charge < -0.3 is 0 Å². The lowest BCUT2D eigenvalue weighted by atomic mass is 9.71. The topological polar surface area (TPSA) is 54.4 Å². The van der Waals surface area contributed by atoms with Gasteiger partial charge in [0.05, 0.1) is 5.25 Å². The average molecular weight is 288 g/mol. The Morgan fingerprint density at radius 2 is 1.63 bits per heavy atom. The Labute approximate surface area is 118 Å². The highest BCUT2D eigenvalue weighted by Gasteiger charge is 2.43. The zero-order chi connectivity index (χ0) is 15.0. The van der Waals surface area contributed by atoms with Crippen LogP contribution in [0.2, 0.25) is 0 Å². The summed E-state index contributed by atoms with van der Waals surface area (Å²) < 4.78 is 33.3. The molecule has 0 amide bonds. The molecule has 0 aliphatic heterocycles. The molecule has 2 unspecified atom stereocenters. The standard InChI is InChI=1S/C15H28O3S/c1-9(2)12-7-13(10(3)4)15(19(16,17)18)14(8-12)11(5)6/h7,9-11,13-15H,8H2,1-6H3,(H,16,17,18)/t13?,14-,15?/m1/s1. The van der Waals surface area contributed by atoms with Gasteiger partial charge in [-0.1, -0.05) is 53.2 Å². The molecule has 1 rings (SSSR count). The molecule has 0 spiro atoms. The van der Waals surface area contributed by atoms with Gasteiger partial charge in [0.25, 0.3) is 10.1 Å². The van der Waals surface area contributed by atoms with Gasteiger partial charge in [-0.2, -0.15) is 8.42 Å². The monoisotopic (exact) mass is 288 g/mol. The van der Waals surface area contributed by atoms with E-state index in [0.717, 1.165) is 6.42 Å². The summed E-state index contributed by atoms with van der Waals surface area (Å²) in [7, 11) is -4.01. The summed E-state index contributed by atoms with van der Waals surface area (Å²) in [6.07, 6.45) is 2.88. The van der Waals surface area contributed by atoms with Crippen LogP contribution in [0.4, 0.5) is 0 Å². The van der Waals surface area contributed by atoms with Gasteiger partial charge >= 0.3 is 0 Å². The van der Waals surface area contributed by atoms with E-state index in [4.69, 9.17) is 0 Å². The molecule has 0 aromatic carbocycles. The minimum absolute atomic E-state index is 0.00444. The smallest absolute Gasteiger partial charge is 0.268 e. The molecule has 0 bridgehead atoms. The highest BCUT2D eigenvalue weighted by molar-refractivity contribution is 7.86. The average Bonchev–Trinajstić information content (AvgIpc) is 2.25. The Morgan fingerprint density at radius 1 is 1.11 bits per heavy atom. The minimum atomic E-state index is -4.01. The second-order valence-corrected chi connectivity index (χ2v) is 8.38. The number of hydrogen-bond acceptors (Lipinski definition) is 2. The molecule has 0 saturated carbocycles. The summed E-state index contributed by atoms with van der Waals surface area (Å²) in [6.45, 7) is 12.4. The number of rotatable bonds is 4. The first-order valence-corrected chi connectivity index (χ1v) is 8.72. The third kappa shape index (κ3) is 3.82.